The number of halogens is 2. The van der Waals surface area contributed by atoms with E-state index in [9.17, 15) is 12.8 Å². The van der Waals surface area contributed by atoms with E-state index in [2.05, 4.69) is 11.5 Å². The second-order valence-corrected chi connectivity index (χ2v) is 12.2. The minimum Gasteiger partial charge on any atom is -0.382 e. The van der Waals surface area contributed by atoms with Crippen LogP contribution in [0.15, 0.2) is 46.5 Å². The van der Waals surface area contributed by atoms with Crippen molar-refractivity contribution in [1.29, 1.82) is 0 Å². The van der Waals surface area contributed by atoms with Crippen LogP contribution in [0.3, 0.4) is 0 Å². The fourth-order valence-electron chi connectivity index (χ4n) is 4.34. The molecule has 0 radical (unpaired) electrons. The summed E-state index contributed by atoms with van der Waals surface area (Å²) < 4.78 is 50.1. The fourth-order valence-corrected chi connectivity index (χ4v) is 7.14. The number of sulfonamides is 1. The molecule has 6 nitrogen and oxygen atoms in total. The largest absolute Gasteiger partial charge is 0.382 e. The molecule has 0 bridgehead atoms. The van der Waals surface area contributed by atoms with Gasteiger partial charge in [-0.2, -0.15) is 4.31 Å². The van der Waals surface area contributed by atoms with Crippen LogP contribution in [0.4, 0.5) is 4.39 Å². The molecule has 0 N–H and O–H groups in total. The Balaban J connectivity index is 1.63. The predicted molar refractivity (Wildman–Crippen MR) is 139 cm³/mol. The molecule has 1 aliphatic rings. The van der Waals surface area contributed by atoms with Crippen molar-refractivity contribution in [3.05, 3.63) is 52.8 Å². The fraction of sp³-hybridized carbons (Fsp3) is 0.480. The van der Waals surface area contributed by atoms with Crippen molar-refractivity contribution in [3.63, 3.8) is 0 Å². The van der Waals surface area contributed by atoms with E-state index in [-0.39, 0.29) is 10.7 Å². The van der Waals surface area contributed by atoms with E-state index in [1.54, 1.807) is 28.6 Å². The second-order valence-electron chi connectivity index (χ2n) is 8.88. The van der Waals surface area contributed by atoms with E-state index in [1.807, 2.05) is 13.0 Å². The summed E-state index contributed by atoms with van der Waals surface area (Å²) in [6.45, 7) is 7.06. The Morgan fingerprint density at radius 2 is 2.09 bits per heavy atom. The summed E-state index contributed by atoms with van der Waals surface area (Å²) in [7, 11) is -3.58. The van der Waals surface area contributed by atoms with Crippen LogP contribution in [-0.2, 0) is 27.1 Å². The van der Waals surface area contributed by atoms with Gasteiger partial charge in [-0.25, -0.2) is 17.8 Å². The smallest absolute Gasteiger partial charge is 0.243 e. The molecule has 2 aromatic carbocycles. The summed E-state index contributed by atoms with van der Waals surface area (Å²) in [6.07, 6.45) is 2.71. The molecule has 0 saturated carbocycles. The SMILES string of the molecule is CCOCCCn1c(SCc2ccc(Cl)cc2F)nc2cc(S(=O)(=O)N3CCC[C@H](C)C3)ccc21. The maximum absolute atomic E-state index is 14.3. The van der Waals surface area contributed by atoms with Gasteiger partial charge in [0.05, 0.1) is 15.9 Å². The Labute approximate surface area is 215 Å². The predicted octanol–water partition coefficient (Wildman–Crippen LogP) is 5.97. The maximum atomic E-state index is 14.3. The average Bonchev–Trinajstić information content (AvgIpc) is 3.18. The molecule has 10 heteroatoms. The number of nitrogens with zero attached hydrogens (tertiary/aromatic N) is 3. The normalized spacial score (nSPS) is 17.3. The molecule has 3 aromatic rings. The number of hydrogen-bond donors (Lipinski definition) is 0. The van der Waals surface area contributed by atoms with Crippen LogP contribution in [0, 0.1) is 11.7 Å². The highest BCUT2D eigenvalue weighted by Crippen LogP contribution is 2.31. The summed E-state index contributed by atoms with van der Waals surface area (Å²) in [5, 5.41) is 1.07. The molecule has 1 fully saturated rings. The van der Waals surface area contributed by atoms with Crippen molar-refractivity contribution in [2.75, 3.05) is 26.3 Å². The van der Waals surface area contributed by atoms with Gasteiger partial charge in [0.25, 0.3) is 0 Å². The molecule has 35 heavy (non-hydrogen) atoms. The molecule has 1 aromatic heterocycles. The van der Waals surface area contributed by atoms with Crippen molar-refractivity contribution in [1.82, 2.24) is 13.9 Å². The van der Waals surface area contributed by atoms with Crippen LogP contribution in [0.2, 0.25) is 5.02 Å². The van der Waals surface area contributed by atoms with Crippen LogP contribution < -0.4 is 0 Å². The molecular formula is C25H31ClFN3O3S2. The van der Waals surface area contributed by atoms with Gasteiger partial charge in [-0.3, -0.25) is 0 Å². The average molecular weight is 540 g/mol. The van der Waals surface area contributed by atoms with Crippen LogP contribution in [0.25, 0.3) is 11.0 Å². The summed E-state index contributed by atoms with van der Waals surface area (Å²) in [5.41, 5.74) is 2.01. The molecule has 1 saturated heterocycles. The number of aromatic nitrogens is 2. The molecule has 0 aliphatic carbocycles. The zero-order valence-electron chi connectivity index (χ0n) is 20.0. The lowest BCUT2D eigenvalue weighted by Crippen LogP contribution is -2.39. The number of ether oxygens (including phenoxy) is 1. The number of fused-ring (bicyclic) bond motifs is 1. The van der Waals surface area contributed by atoms with Gasteiger partial charge in [-0.05, 0) is 68.0 Å². The van der Waals surface area contributed by atoms with Crippen molar-refractivity contribution in [3.8, 4) is 0 Å². The number of hydrogen-bond acceptors (Lipinski definition) is 5. The highest BCUT2D eigenvalue weighted by Gasteiger charge is 2.29. The van der Waals surface area contributed by atoms with Crippen molar-refractivity contribution >= 4 is 44.4 Å². The van der Waals surface area contributed by atoms with E-state index in [4.69, 9.17) is 21.3 Å². The maximum Gasteiger partial charge on any atom is 0.243 e. The lowest BCUT2D eigenvalue weighted by atomic mass is 10.0. The summed E-state index contributed by atoms with van der Waals surface area (Å²) >= 11 is 7.30. The molecule has 0 spiro atoms. The standard InChI is InChI=1S/C25H31ClFN3O3S2/c1-3-33-13-5-12-30-24-10-9-21(35(31,32)29-11-4-6-18(2)16-29)15-23(24)28-25(30)34-17-19-7-8-20(26)14-22(19)27/h7-10,14-15,18H,3-6,11-13,16-17H2,1-2H3/t18-/m0/s1. The zero-order chi connectivity index (χ0) is 25.0. The molecule has 0 amide bonds. The molecule has 2 heterocycles. The Kier molecular flexibility index (Phi) is 8.76. The van der Waals surface area contributed by atoms with E-state index in [0.717, 1.165) is 24.8 Å². The van der Waals surface area contributed by atoms with Gasteiger partial charge in [0, 0.05) is 43.6 Å². The van der Waals surface area contributed by atoms with Crippen molar-refractivity contribution in [2.45, 2.75) is 55.5 Å². The highest BCUT2D eigenvalue weighted by atomic mass is 35.5. The minimum absolute atomic E-state index is 0.262. The van der Waals surface area contributed by atoms with Gasteiger partial charge >= 0.3 is 0 Å². The Bertz CT molecular complexity index is 1280. The van der Waals surface area contributed by atoms with Gasteiger partial charge in [-0.15, -0.1) is 0 Å². The number of thioether (sulfide) groups is 1. The first-order valence-electron chi connectivity index (χ1n) is 11.9. The van der Waals surface area contributed by atoms with E-state index in [1.165, 1.54) is 17.8 Å². The van der Waals surface area contributed by atoms with Gasteiger partial charge in [0.1, 0.15) is 5.82 Å². The number of piperidine rings is 1. The number of benzene rings is 2. The quantitative estimate of drug-likeness (QED) is 0.235. The van der Waals surface area contributed by atoms with Crippen molar-refractivity contribution < 1.29 is 17.5 Å². The third-order valence-electron chi connectivity index (χ3n) is 6.19. The van der Waals surface area contributed by atoms with Crippen LogP contribution in [0.1, 0.15) is 38.7 Å². The lowest BCUT2D eigenvalue weighted by molar-refractivity contribution is 0.141. The zero-order valence-corrected chi connectivity index (χ0v) is 22.4. The Hall–Kier alpha value is -1.65. The first-order valence-corrected chi connectivity index (χ1v) is 14.7. The van der Waals surface area contributed by atoms with E-state index < -0.39 is 10.0 Å². The second kappa shape index (κ2) is 11.6. The van der Waals surface area contributed by atoms with Crippen LogP contribution in [0.5, 0.6) is 0 Å². The minimum atomic E-state index is -3.58. The monoisotopic (exact) mass is 539 g/mol. The topological polar surface area (TPSA) is 64.4 Å². The van der Waals surface area contributed by atoms with Crippen LogP contribution >= 0.6 is 23.4 Å². The third kappa shape index (κ3) is 6.20. The molecule has 1 aliphatic heterocycles. The third-order valence-corrected chi connectivity index (χ3v) is 9.31. The lowest BCUT2D eigenvalue weighted by Gasteiger charge is -2.30. The highest BCUT2D eigenvalue weighted by molar-refractivity contribution is 7.98. The Morgan fingerprint density at radius 3 is 2.83 bits per heavy atom. The molecule has 0 unspecified atom stereocenters. The first-order chi connectivity index (χ1) is 16.8. The first kappa shape index (κ1) is 26.4. The van der Waals surface area contributed by atoms with E-state index >= 15 is 0 Å². The van der Waals surface area contributed by atoms with Gasteiger partial charge in [0.2, 0.25) is 10.0 Å². The summed E-state index contributed by atoms with van der Waals surface area (Å²) in [6, 6.07) is 9.82. The van der Waals surface area contributed by atoms with Gasteiger partial charge in [-0.1, -0.05) is 36.4 Å². The van der Waals surface area contributed by atoms with Crippen LogP contribution in [-0.4, -0.2) is 48.6 Å². The van der Waals surface area contributed by atoms with Crippen molar-refractivity contribution in [2.24, 2.45) is 5.92 Å². The molecular weight excluding hydrogens is 509 g/mol. The Morgan fingerprint density at radius 1 is 1.26 bits per heavy atom. The van der Waals surface area contributed by atoms with Gasteiger partial charge < -0.3 is 9.30 Å². The molecule has 4 rings (SSSR count). The number of aryl methyl sites for hydroxylation is 1. The number of rotatable bonds is 10. The van der Waals surface area contributed by atoms with Gasteiger partial charge in [0.15, 0.2) is 5.16 Å². The van der Waals surface area contributed by atoms with E-state index in [0.29, 0.717) is 65.8 Å². The molecule has 190 valence electrons. The number of imidazole rings is 1. The summed E-state index contributed by atoms with van der Waals surface area (Å²) in [5.74, 6) is 0.380. The molecule has 1 atom stereocenters. The summed E-state index contributed by atoms with van der Waals surface area (Å²) in [4.78, 5) is 5.02.